The second-order valence-corrected chi connectivity index (χ2v) is 13.5. The minimum atomic E-state index is -0.0748. The minimum absolute atomic E-state index is 0.0746. The highest BCUT2D eigenvalue weighted by molar-refractivity contribution is 5.87. The van der Waals surface area contributed by atoms with E-state index in [1.807, 2.05) is 0 Å². The Labute approximate surface area is 262 Å². The van der Waals surface area contributed by atoms with Crippen molar-refractivity contribution in [1.29, 1.82) is 0 Å². The Bertz CT molecular complexity index is 1940. The SMILES string of the molecule is CC(C)(C)c1cc(-c2ccccc2)ccc1N(c1ccc(-c2ccccc2)cc1)c1ccc2c(c1)C(C)(C)c1ccccc1-2. The lowest BCUT2D eigenvalue weighted by Gasteiger charge is -2.33. The van der Waals surface area contributed by atoms with Crippen LogP contribution in [0.25, 0.3) is 33.4 Å². The Hall–Kier alpha value is -4.88. The Kier molecular flexibility index (Phi) is 6.78. The molecule has 0 N–H and O–H groups in total. The molecule has 1 aliphatic carbocycles. The highest BCUT2D eigenvalue weighted by Crippen LogP contribution is 2.51. The van der Waals surface area contributed by atoms with Gasteiger partial charge in [-0.2, -0.15) is 0 Å². The Morgan fingerprint density at radius 1 is 0.455 bits per heavy atom. The standard InChI is InChI=1S/C43H39N/c1-42(2,3)40-28-33(31-16-10-7-11-17-31)22-27-41(40)44(34-23-20-32(21-24-34)30-14-8-6-9-15-30)35-25-26-37-36-18-12-13-19-38(36)43(4,5)39(37)29-35/h6-29H,1-5H3. The van der Waals surface area contributed by atoms with Crippen LogP contribution < -0.4 is 4.90 Å². The zero-order valence-corrected chi connectivity index (χ0v) is 26.3. The first kappa shape index (κ1) is 27.9. The van der Waals surface area contributed by atoms with Crippen molar-refractivity contribution in [3.8, 4) is 33.4 Å². The molecular weight excluding hydrogens is 530 g/mol. The molecule has 216 valence electrons. The maximum atomic E-state index is 2.46. The van der Waals surface area contributed by atoms with Gasteiger partial charge in [0.05, 0.1) is 0 Å². The third-order valence-electron chi connectivity index (χ3n) is 9.21. The fourth-order valence-electron chi connectivity index (χ4n) is 6.83. The maximum Gasteiger partial charge on any atom is 0.0499 e. The maximum absolute atomic E-state index is 2.46. The first-order valence-corrected chi connectivity index (χ1v) is 15.6. The summed E-state index contributed by atoms with van der Waals surface area (Å²) in [6.45, 7) is 11.7. The second kappa shape index (κ2) is 10.7. The predicted octanol–water partition coefficient (Wildman–Crippen LogP) is 12.1. The summed E-state index contributed by atoms with van der Waals surface area (Å²) in [7, 11) is 0. The Morgan fingerprint density at radius 3 is 1.64 bits per heavy atom. The van der Waals surface area contributed by atoms with Crippen LogP contribution in [0.15, 0.2) is 146 Å². The first-order valence-electron chi connectivity index (χ1n) is 15.6. The molecule has 44 heavy (non-hydrogen) atoms. The van der Waals surface area contributed by atoms with Crippen molar-refractivity contribution in [2.45, 2.75) is 45.4 Å². The van der Waals surface area contributed by atoms with Crippen LogP contribution in [0.1, 0.15) is 51.3 Å². The summed E-state index contributed by atoms with van der Waals surface area (Å²) in [5, 5.41) is 0. The molecule has 0 saturated carbocycles. The van der Waals surface area contributed by atoms with Gasteiger partial charge >= 0.3 is 0 Å². The van der Waals surface area contributed by atoms with Gasteiger partial charge in [0, 0.05) is 22.5 Å². The molecule has 0 radical (unpaired) electrons. The van der Waals surface area contributed by atoms with Crippen molar-refractivity contribution in [3.05, 3.63) is 162 Å². The highest BCUT2D eigenvalue weighted by atomic mass is 15.1. The van der Waals surface area contributed by atoms with Gasteiger partial charge in [0.15, 0.2) is 0 Å². The van der Waals surface area contributed by atoms with Gasteiger partial charge in [0.2, 0.25) is 0 Å². The van der Waals surface area contributed by atoms with Crippen LogP contribution in [0.5, 0.6) is 0 Å². The number of anilines is 3. The number of fused-ring (bicyclic) bond motifs is 3. The molecule has 1 nitrogen and oxygen atoms in total. The fourth-order valence-corrected chi connectivity index (χ4v) is 6.83. The van der Waals surface area contributed by atoms with Crippen molar-refractivity contribution in [3.63, 3.8) is 0 Å². The number of nitrogens with zero attached hydrogens (tertiary/aromatic N) is 1. The summed E-state index contributed by atoms with van der Waals surface area (Å²) in [4.78, 5) is 2.46. The van der Waals surface area contributed by atoms with Gasteiger partial charge in [0.25, 0.3) is 0 Å². The number of hydrogen-bond acceptors (Lipinski definition) is 1. The molecule has 0 heterocycles. The minimum Gasteiger partial charge on any atom is -0.310 e. The number of benzene rings is 6. The Balaban J connectivity index is 1.42. The Morgan fingerprint density at radius 2 is 0.977 bits per heavy atom. The number of rotatable bonds is 5. The lowest BCUT2D eigenvalue weighted by molar-refractivity contribution is 0.591. The molecule has 0 aliphatic heterocycles. The summed E-state index contributed by atoms with van der Waals surface area (Å²) in [5.74, 6) is 0. The largest absolute Gasteiger partial charge is 0.310 e. The summed E-state index contributed by atoms with van der Waals surface area (Å²) < 4.78 is 0. The van der Waals surface area contributed by atoms with E-state index in [0.717, 1.165) is 5.69 Å². The molecule has 0 bridgehead atoms. The molecule has 0 atom stereocenters. The molecule has 6 aromatic carbocycles. The van der Waals surface area contributed by atoms with Gasteiger partial charge in [0.1, 0.15) is 0 Å². The molecule has 1 aliphatic rings. The van der Waals surface area contributed by atoms with Gasteiger partial charge in [-0.1, -0.05) is 144 Å². The zero-order valence-electron chi connectivity index (χ0n) is 26.3. The number of hydrogen-bond donors (Lipinski definition) is 0. The van der Waals surface area contributed by atoms with Gasteiger partial charge < -0.3 is 4.90 Å². The van der Waals surface area contributed by atoms with Gasteiger partial charge in [-0.15, -0.1) is 0 Å². The molecule has 0 spiro atoms. The van der Waals surface area contributed by atoms with Crippen LogP contribution >= 0.6 is 0 Å². The molecule has 0 fully saturated rings. The van der Waals surface area contributed by atoms with Crippen molar-refractivity contribution in [2.75, 3.05) is 4.90 Å². The third kappa shape index (κ3) is 4.83. The van der Waals surface area contributed by atoms with E-state index in [1.54, 1.807) is 0 Å². The fraction of sp³-hybridized carbons (Fsp3) is 0.163. The molecule has 1 heteroatoms. The van der Waals surface area contributed by atoms with E-state index < -0.39 is 0 Å². The van der Waals surface area contributed by atoms with E-state index in [-0.39, 0.29) is 10.8 Å². The van der Waals surface area contributed by atoms with Crippen molar-refractivity contribution in [2.24, 2.45) is 0 Å². The van der Waals surface area contributed by atoms with Gasteiger partial charge in [-0.3, -0.25) is 0 Å². The van der Waals surface area contributed by atoms with Crippen LogP contribution in [0.3, 0.4) is 0 Å². The van der Waals surface area contributed by atoms with E-state index in [0.29, 0.717) is 0 Å². The van der Waals surface area contributed by atoms with Gasteiger partial charge in [-0.05, 0) is 91.9 Å². The van der Waals surface area contributed by atoms with Gasteiger partial charge in [-0.25, -0.2) is 0 Å². The van der Waals surface area contributed by atoms with Crippen LogP contribution in [0.2, 0.25) is 0 Å². The van der Waals surface area contributed by atoms with Crippen molar-refractivity contribution < 1.29 is 0 Å². The third-order valence-corrected chi connectivity index (χ3v) is 9.21. The average Bonchev–Trinajstić information content (AvgIpc) is 3.28. The average molecular weight is 570 g/mol. The lowest BCUT2D eigenvalue weighted by Crippen LogP contribution is -2.20. The molecule has 0 aromatic heterocycles. The van der Waals surface area contributed by atoms with E-state index >= 15 is 0 Å². The summed E-state index contributed by atoms with van der Waals surface area (Å²) in [5.41, 5.74) is 15.1. The summed E-state index contributed by atoms with van der Waals surface area (Å²) in [6.07, 6.45) is 0. The molecule has 0 amide bonds. The van der Waals surface area contributed by atoms with Crippen molar-refractivity contribution >= 4 is 17.1 Å². The first-order chi connectivity index (χ1) is 21.2. The molecule has 0 unspecified atom stereocenters. The van der Waals surface area contributed by atoms with E-state index in [4.69, 9.17) is 0 Å². The molecule has 0 saturated heterocycles. The highest BCUT2D eigenvalue weighted by Gasteiger charge is 2.36. The molecule has 6 aromatic rings. The van der Waals surface area contributed by atoms with Crippen LogP contribution in [-0.4, -0.2) is 0 Å². The normalized spacial score (nSPS) is 13.3. The smallest absolute Gasteiger partial charge is 0.0499 e. The van der Waals surface area contributed by atoms with E-state index in [1.165, 1.54) is 61.4 Å². The van der Waals surface area contributed by atoms with E-state index in [2.05, 4.69) is 185 Å². The van der Waals surface area contributed by atoms with Crippen molar-refractivity contribution in [1.82, 2.24) is 0 Å². The quantitative estimate of drug-likeness (QED) is 0.200. The second-order valence-electron chi connectivity index (χ2n) is 13.5. The monoisotopic (exact) mass is 569 g/mol. The topological polar surface area (TPSA) is 3.24 Å². The van der Waals surface area contributed by atoms with E-state index in [9.17, 15) is 0 Å². The van der Waals surface area contributed by atoms with Crippen LogP contribution in [0, 0.1) is 0 Å². The summed E-state index contributed by atoms with van der Waals surface area (Å²) in [6, 6.07) is 53.3. The zero-order chi connectivity index (χ0) is 30.5. The lowest BCUT2D eigenvalue weighted by atomic mass is 9.82. The van der Waals surface area contributed by atoms with Crippen LogP contribution in [-0.2, 0) is 10.8 Å². The van der Waals surface area contributed by atoms with Crippen LogP contribution in [0.4, 0.5) is 17.1 Å². The molecular formula is C43H39N. The predicted molar refractivity (Wildman–Crippen MR) is 188 cm³/mol. The molecule has 7 rings (SSSR count). The summed E-state index contributed by atoms with van der Waals surface area (Å²) >= 11 is 0.